The number of hydrogen-bond donors (Lipinski definition) is 4. The highest BCUT2D eigenvalue weighted by Gasteiger charge is 2.44. The Hall–Kier alpha value is -1.97. The molecule has 130 valence electrons. The summed E-state index contributed by atoms with van der Waals surface area (Å²) in [6.45, 7) is 1.23. The van der Waals surface area contributed by atoms with Gasteiger partial charge in [-0.3, -0.25) is 0 Å². The second-order valence-electron chi connectivity index (χ2n) is 5.72. The van der Waals surface area contributed by atoms with Crippen molar-refractivity contribution in [1.82, 2.24) is 0 Å². The monoisotopic (exact) mass is 338 g/mol. The summed E-state index contributed by atoms with van der Waals surface area (Å²) in [5.74, 6) is 0.237. The number of rotatable bonds is 3. The molecule has 3 rings (SSSR count). The highest BCUT2D eigenvalue weighted by molar-refractivity contribution is 5.81. The van der Waals surface area contributed by atoms with Crippen LogP contribution < -0.4 is 10.4 Å². The zero-order chi connectivity index (χ0) is 17.4. The van der Waals surface area contributed by atoms with Gasteiger partial charge in [-0.15, -0.1) is 0 Å². The van der Waals surface area contributed by atoms with E-state index in [1.54, 1.807) is 19.1 Å². The van der Waals surface area contributed by atoms with Gasteiger partial charge in [-0.25, -0.2) is 4.79 Å². The van der Waals surface area contributed by atoms with Crippen molar-refractivity contribution < 1.29 is 34.3 Å². The summed E-state index contributed by atoms with van der Waals surface area (Å²) < 4.78 is 15.9. The lowest BCUT2D eigenvalue weighted by Crippen LogP contribution is -2.60. The van der Waals surface area contributed by atoms with Crippen LogP contribution >= 0.6 is 0 Å². The first-order valence-electron chi connectivity index (χ1n) is 7.42. The lowest BCUT2D eigenvalue weighted by Gasteiger charge is -2.39. The third-order valence-corrected chi connectivity index (χ3v) is 4.02. The molecule has 1 aromatic heterocycles. The van der Waals surface area contributed by atoms with E-state index in [1.165, 1.54) is 12.1 Å². The first-order valence-corrected chi connectivity index (χ1v) is 7.42. The van der Waals surface area contributed by atoms with E-state index in [1.807, 2.05) is 0 Å². The van der Waals surface area contributed by atoms with Crippen molar-refractivity contribution in [2.45, 2.75) is 37.6 Å². The van der Waals surface area contributed by atoms with Gasteiger partial charge in [-0.2, -0.15) is 0 Å². The zero-order valence-electron chi connectivity index (χ0n) is 12.8. The molecule has 0 bridgehead atoms. The molecule has 1 saturated heterocycles. The van der Waals surface area contributed by atoms with E-state index < -0.39 is 42.9 Å². The number of hydrogen-bond acceptors (Lipinski definition) is 8. The number of benzene rings is 1. The summed E-state index contributed by atoms with van der Waals surface area (Å²) in [6.07, 6.45) is -6.85. The van der Waals surface area contributed by atoms with E-state index in [0.717, 1.165) is 10.9 Å². The van der Waals surface area contributed by atoms with E-state index in [2.05, 4.69) is 0 Å². The largest absolute Gasteiger partial charge is 0.462 e. The Balaban J connectivity index is 1.87. The van der Waals surface area contributed by atoms with Crippen LogP contribution in [0.3, 0.4) is 0 Å². The number of aliphatic hydroxyl groups is 4. The second-order valence-corrected chi connectivity index (χ2v) is 5.72. The molecule has 0 spiro atoms. The Morgan fingerprint density at radius 2 is 1.88 bits per heavy atom. The van der Waals surface area contributed by atoms with Crippen LogP contribution in [-0.2, 0) is 4.74 Å². The summed E-state index contributed by atoms with van der Waals surface area (Å²) in [6, 6.07) is 6.12. The van der Waals surface area contributed by atoms with E-state index in [-0.39, 0.29) is 5.75 Å². The van der Waals surface area contributed by atoms with Gasteiger partial charge >= 0.3 is 5.63 Å². The molecule has 1 aromatic carbocycles. The molecular weight excluding hydrogens is 320 g/mol. The average Bonchev–Trinajstić information content (AvgIpc) is 2.55. The third kappa shape index (κ3) is 3.02. The van der Waals surface area contributed by atoms with Crippen LogP contribution in [0.25, 0.3) is 11.0 Å². The fraction of sp³-hybridized carbons (Fsp3) is 0.438. The molecule has 0 amide bonds. The van der Waals surface area contributed by atoms with Gasteiger partial charge in [0, 0.05) is 17.5 Å². The third-order valence-electron chi connectivity index (χ3n) is 4.02. The van der Waals surface area contributed by atoms with Crippen LogP contribution in [0.4, 0.5) is 0 Å². The standard InChI is InChI=1S/C16H18O8/c1-7-4-12(18)23-10-5-8(2-3-9(7)10)22-16-15(21)14(20)13(19)11(6-17)24-16/h2-5,11,13-17,19-21H,6H2,1H3/t11-,13-,14?,15+,16+/m1/s1. The zero-order valence-corrected chi connectivity index (χ0v) is 12.8. The minimum Gasteiger partial charge on any atom is -0.462 e. The van der Waals surface area contributed by atoms with Gasteiger partial charge < -0.3 is 34.3 Å². The number of fused-ring (bicyclic) bond motifs is 1. The van der Waals surface area contributed by atoms with Crippen molar-refractivity contribution in [3.05, 3.63) is 40.2 Å². The Labute approximate surface area is 136 Å². The Bertz CT molecular complexity index is 783. The van der Waals surface area contributed by atoms with Gasteiger partial charge in [-0.05, 0) is 24.6 Å². The van der Waals surface area contributed by atoms with Crippen LogP contribution in [0, 0.1) is 6.92 Å². The van der Waals surface area contributed by atoms with Crippen LogP contribution in [-0.4, -0.2) is 57.7 Å². The number of aliphatic hydroxyl groups excluding tert-OH is 4. The minimum absolute atomic E-state index is 0.237. The van der Waals surface area contributed by atoms with Gasteiger partial charge in [0.2, 0.25) is 6.29 Å². The van der Waals surface area contributed by atoms with E-state index >= 15 is 0 Å². The van der Waals surface area contributed by atoms with E-state index in [9.17, 15) is 20.1 Å². The van der Waals surface area contributed by atoms with Crippen LogP contribution in [0.2, 0.25) is 0 Å². The maximum atomic E-state index is 11.5. The molecule has 1 unspecified atom stereocenters. The fourth-order valence-electron chi connectivity index (χ4n) is 2.68. The molecular formula is C16H18O8. The molecule has 1 fully saturated rings. The molecule has 1 aliphatic rings. The molecule has 2 aromatic rings. The van der Waals surface area contributed by atoms with Crippen molar-refractivity contribution in [2.75, 3.05) is 6.61 Å². The van der Waals surface area contributed by atoms with Crippen molar-refractivity contribution in [2.24, 2.45) is 0 Å². The normalized spacial score (nSPS) is 30.5. The predicted molar refractivity (Wildman–Crippen MR) is 81.6 cm³/mol. The smallest absolute Gasteiger partial charge is 0.336 e. The molecule has 4 N–H and O–H groups in total. The van der Waals surface area contributed by atoms with Crippen LogP contribution in [0.5, 0.6) is 5.75 Å². The lowest BCUT2D eigenvalue weighted by atomic mass is 9.99. The van der Waals surface area contributed by atoms with Crippen molar-refractivity contribution >= 4 is 11.0 Å². The predicted octanol–water partition coefficient (Wildman–Crippen LogP) is -0.720. The van der Waals surface area contributed by atoms with Gasteiger partial charge in [0.05, 0.1) is 6.61 Å². The SMILES string of the molecule is Cc1cc(=O)oc2cc(O[C@H]3O[C@H](CO)[C@@H](O)C(O)[C@@H]3O)ccc12. The molecule has 1 aliphatic heterocycles. The van der Waals surface area contributed by atoms with Gasteiger partial charge in [0.15, 0.2) is 0 Å². The summed E-state index contributed by atoms with van der Waals surface area (Å²) >= 11 is 0. The van der Waals surface area contributed by atoms with Crippen LogP contribution in [0.1, 0.15) is 5.56 Å². The highest BCUT2D eigenvalue weighted by atomic mass is 16.7. The fourth-order valence-corrected chi connectivity index (χ4v) is 2.68. The minimum atomic E-state index is -1.53. The van der Waals surface area contributed by atoms with E-state index in [0.29, 0.717) is 5.58 Å². The second kappa shape index (κ2) is 6.50. The van der Waals surface area contributed by atoms with Crippen molar-refractivity contribution in [3.8, 4) is 5.75 Å². The quantitative estimate of drug-likeness (QED) is 0.540. The van der Waals surface area contributed by atoms with Gasteiger partial charge in [0.25, 0.3) is 0 Å². The summed E-state index contributed by atoms with van der Waals surface area (Å²) in [4.78, 5) is 11.5. The maximum absolute atomic E-state index is 11.5. The molecule has 0 aliphatic carbocycles. The molecule has 5 atom stereocenters. The molecule has 2 heterocycles. The Kier molecular flexibility index (Phi) is 4.57. The highest BCUT2D eigenvalue weighted by Crippen LogP contribution is 2.27. The van der Waals surface area contributed by atoms with Crippen LogP contribution in [0.15, 0.2) is 33.5 Å². The average molecular weight is 338 g/mol. The summed E-state index contributed by atoms with van der Waals surface area (Å²) in [7, 11) is 0. The number of ether oxygens (including phenoxy) is 2. The molecule has 24 heavy (non-hydrogen) atoms. The summed E-state index contributed by atoms with van der Waals surface area (Å²) in [5, 5.41) is 39.4. The van der Waals surface area contributed by atoms with Crippen molar-refractivity contribution in [1.29, 1.82) is 0 Å². The maximum Gasteiger partial charge on any atom is 0.336 e. The lowest BCUT2D eigenvalue weighted by molar-refractivity contribution is -0.277. The van der Waals surface area contributed by atoms with Crippen molar-refractivity contribution in [3.63, 3.8) is 0 Å². The molecule has 8 nitrogen and oxygen atoms in total. The van der Waals surface area contributed by atoms with Gasteiger partial charge in [-0.1, -0.05) is 0 Å². The molecule has 0 saturated carbocycles. The Morgan fingerprint density at radius 1 is 1.12 bits per heavy atom. The summed E-state index contributed by atoms with van der Waals surface area (Å²) in [5.41, 5.74) is 0.563. The van der Waals surface area contributed by atoms with Gasteiger partial charge in [0.1, 0.15) is 35.7 Å². The topological polar surface area (TPSA) is 130 Å². The molecule has 8 heteroatoms. The first kappa shape index (κ1) is 16.9. The number of aryl methyl sites for hydroxylation is 1. The molecule has 0 radical (unpaired) electrons. The first-order chi connectivity index (χ1) is 11.4. The van der Waals surface area contributed by atoms with E-state index in [4.69, 9.17) is 19.0 Å². The Morgan fingerprint density at radius 3 is 2.58 bits per heavy atom.